The molecule has 2 heterocycles. The highest BCUT2D eigenvalue weighted by Gasteiger charge is 2.26. The second-order valence-electron chi connectivity index (χ2n) is 6.64. The molecule has 2 aromatic rings. The second-order valence-corrected chi connectivity index (χ2v) is 9.11. The maximum Gasteiger partial charge on any atom is 0.185 e. The van der Waals surface area contributed by atoms with Crippen molar-refractivity contribution in [3.8, 4) is 11.3 Å². The molecule has 25 heavy (non-hydrogen) atoms. The summed E-state index contributed by atoms with van der Waals surface area (Å²) in [5, 5.41) is -0.535. The fourth-order valence-electron chi connectivity index (χ4n) is 3.12. The van der Waals surface area contributed by atoms with Crippen molar-refractivity contribution < 1.29 is 17.6 Å². The van der Waals surface area contributed by atoms with Gasteiger partial charge in [0, 0.05) is 24.3 Å². The van der Waals surface area contributed by atoms with Crippen LogP contribution in [0.25, 0.3) is 11.3 Å². The van der Waals surface area contributed by atoms with E-state index in [2.05, 4.69) is 4.90 Å². The summed E-state index contributed by atoms with van der Waals surface area (Å²) in [5.74, 6) is 0.589. The Kier molecular flexibility index (Phi) is 4.99. The van der Waals surface area contributed by atoms with E-state index in [0.29, 0.717) is 17.6 Å². The van der Waals surface area contributed by atoms with Crippen molar-refractivity contribution in [1.82, 2.24) is 0 Å². The molecule has 1 aromatic heterocycles. The third-order valence-electron chi connectivity index (χ3n) is 4.62. The predicted octanol–water partition coefficient (Wildman–Crippen LogP) is 3.93. The van der Waals surface area contributed by atoms with Crippen molar-refractivity contribution >= 4 is 21.8 Å². The lowest BCUT2D eigenvalue weighted by atomic mass is 10.1. The molecule has 1 aliphatic rings. The van der Waals surface area contributed by atoms with Gasteiger partial charge in [0.15, 0.2) is 21.9 Å². The molecule has 5 nitrogen and oxygen atoms in total. The molecular weight excluding hydrogens is 338 g/mol. The van der Waals surface area contributed by atoms with E-state index in [4.69, 9.17) is 4.42 Å². The molecule has 0 saturated carbocycles. The molecule has 0 amide bonds. The quantitative estimate of drug-likeness (QED) is 0.755. The summed E-state index contributed by atoms with van der Waals surface area (Å²) >= 11 is 0. The van der Waals surface area contributed by atoms with E-state index >= 15 is 0 Å². The van der Waals surface area contributed by atoms with E-state index < -0.39 is 15.1 Å². The van der Waals surface area contributed by atoms with Gasteiger partial charge in [-0.2, -0.15) is 0 Å². The first-order chi connectivity index (χ1) is 11.9. The zero-order valence-electron chi connectivity index (χ0n) is 14.6. The number of furan rings is 1. The first kappa shape index (κ1) is 17.7. The van der Waals surface area contributed by atoms with Crippen LogP contribution in [-0.2, 0) is 9.84 Å². The van der Waals surface area contributed by atoms with Gasteiger partial charge in [-0.25, -0.2) is 8.42 Å². The number of rotatable bonds is 5. The maximum atomic E-state index is 12.8. The van der Waals surface area contributed by atoms with Crippen LogP contribution in [0.5, 0.6) is 0 Å². The summed E-state index contributed by atoms with van der Waals surface area (Å²) in [5.41, 5.74) is 1.51. The maximum absolute atomic E-state index is 12.8. The summed E-state index contributed by atoms with van der Waals surface area (Å²) < 4.78 is 31.1. The van der Waals surface area contributed by atoms with Gasteiger partial charge in [0.1, 0.15) is 5.76 Å². The lowest BCUT2D eigenvalue weighted by Gasteiger charge is -2.29. The molecule has 1 fully saturated rings. The average molecular weight is 361 g/mol. The molecular formula is C19H23NO4S. The standard InChI is InChI=1S/C19H23NO4S/c1-14(2)25(22,23)19-9-6-15(20-10-4-3-5-11-20)12-17(19)18-8-7-16(13-21)24-18/h6-9,12-14H,3-5,10-11H2,1-2H3. The van der Waals surface area contributed by atoms with E-state index in [-0.39, 0.29) is 10.7 Å². The smallest absolute Gasteiger partial charge is 0.185 e. The first-order valence-electron chi connectivity index (χ1n) is 8.62. The zero-order valence-corrected chi connectivity index (χ0v) is 15.4. The lowest BCUT2D eigenvalue weighted by Crippen LogP contribution is -2.29. The Morgan fingerprint density at radius 2 is 1.80 bits per heavy atom. The van der Waals surface area contributed by atoms with Gasteiger partial charge in [-0.1, -0.05) is 0 Å². The Labute approximate surface area is 148 Å². The minimum absolute atomic E-state index is 0.186. The van der Waals surface area contributed by atoms with Crippen molar-refractivity contribution in [2.45, 2.75) is 43.3 Å². The van der Waals surface area contributed by atoms with Crippen LogP contribution < -0.4 is 4.90 Å². The van der Waals surface area contributed by atoms with Crippen molar-refractivity contribution in [1.29, 1.82) is 0 Å². The number of sulfone groups is 1. The predicted molar refractivity (Wildman–Crippen MR) is 97.9 cm³/mol. The molecule has 3 rings (SSSR count). The van der Waals surface area contributed by atoms with Crippen LogP contribution in [-0.4, -0.2) is 33.0 Å². The van der Waals surface area contributed by atoms with E-state index in [1.54, 1.807) is 32.0 Å². The number of nitrogens with zero attached hydrogens (tertiary/aromatic N) is 1. The summed E-state index contributed by atoms with van der Waals surface area (Å²) in [6, 6.07) is 8.61. The summed E-state index contributed by atoms with van der Waals surface area (Å²) in [6.45, 7) is 5.26. The molecule has 134 valence electrons. The van der Waals surface area contributed by atoms with Gasteiger partial charge in [0.05, 0.1) is 10.1 Å². The van der Waals surface area contributed by atoms with Crippen molar-refractivity contribution in [3.05, 3.63) is 36.1 Å². The van der Waals surface area contributed by atoms with Crippen LogP contribution in [0.15, 0.2) is 39.6 Å². The van der Waals surface area contributed by atoms with Crippen LogP contribution in [0.2, 0.25) is 0 Å². The Hall–Kier alpha value is -2.08. The number of piperidine rings is 1. The lowest BCUT2D eigenvalue weighted by molar-refractivity contribution is 0.110. The third-order valence-corrected chi connectivity index (χ3v) is 6.83. The molecule has 0 N–H and O–H groups in total. The van der Waals surface area contributed by atoms with Crippen LogP contribution in [0.4, 0.5) is 5.69 Å². The molecule has 1 aliphatic heterocycles. The summed E-state index contributed by atoms with van der Waals surface area (Å²) in [4.78, 5) is 13.4. The molecule has 0 spiro atoms. The molecule has 1 aromatic carbocycles. The molecule has 0 atom stereocenters. The van der Waals surface area contributed by atoms with Crippen LogP contribution >= 0.6 is 0 Å². The highest BCUT2D eigenvalue weighted by Crippen LogP contribution is 2.35. The molecule has 0 unspecified atom stereocenters. The van der Waals surface area contributed by atoms with Gasteiger partial charge in [-0.05, 0) is 63.4 Å². The van der Waals surface area contributed by atoms with E-state index in [9.17, 15) is 13.2 Å². The minimum atomic E-state index is -3.47. The number of hydrogen-bond acceptors (Lipinski definition) is 5. The van der Waals surface area contributed by atoms with Crippen LogP contribution in [0, 0.1) is 0 Å². The van der Waals surface area contributed by atoms with Crippen LogP contribution in [0.3, 0.4) is 0 Å². The highest BCUT2D eigenvalue weighted by atomic mass is 32.2. The van der Waals surface area contributed by atoms with Gasteiger partial charge in [0.25, 0.3) is 0 Å². The number of hydrogen-bond donors (Lipinski definition) is 0. The van der Waals surface area contributed by atoms with Gasteiger partial charge >= 0.3 is 0 Å². The van der Waals surface area contributed by atoms with Crippen molar-refractivity contribution in [2.75, 3.05) is 18.0 Å². The van der Waals surface area contributed by atoms with E-state index in [1.165, 1.54) is 6.42 Å². The largest absolute Gasteiger partial charge is 0.453 e. The molecule has 1 saturated heterocycles. The van der Waals surface area contributed by atoms with Gasteiger partial charge in [0.2, 0.25) is 0 Å². The number of anilines is 1. The van der Waals surface area contributed by atoms with Crippen molar-refractivity contribution in [3.63, 3.8) is 0 Å². The SMILES string of the molecule is CC(C)S(=O)(=O)c1ccc(N2CCCCC2)cc1-c1ccc(C=O)o1. The van der Waals surface area contributed by atoms with E-state index in [1.807, 2.05) is 12.1 Å². The Bertz CT molecular complexity index is 861. The fraction of sp³-hybridized carbons (Fsp3) is 0.421. The number of aldehydes is 1. The zero-order chi connectivity index (χ0) is 18.0. The molecule has 6 heteroatoms. The number of carbonyl (C=O) groups excluding carboxylic acids is 1. The monoisotopic (exact) mass is 361 g/mol. The Morgan fingerprint density at radius 1 is 1.08 bits per heavy atom. The number of carbonyl (C=O) groups is 1. The van der Waals surface area contributed by atoms with Gasteiger partial charge in [-0.3, -0.25) is 4.79 Å². The Morgan fingerprint density at radius 3 is 2.40 bits per heavy atom. The highest BCUT2D eigenvalue weighted by molar-refractivity contribution is 7.92. The number of benzene rings is 1. The molecule has 0 aliphatic carbocycles. The summed E-state index contributed by atoms with van der Waals surface area (Å²) in [6.07, 6.45) is 4.12. The van der Waals surface area contributed by atoms with Gasteiger partial charge in [-0.15, -0.1) is 0 Å². The van der Waals surface area contributed by atoms with Crippen molar-refractivity contribution in [2.24, 2.45) is 0 Å². The first-order valence-corrected chi connectivity index (χ1v) is 10.2. The third kappa shape index (κ3) is 3.49. The molecule has 0 bridgehead atoms. The topological polar surface area (TPSA) is 67.6 Å². The van der Waals surface area contributed by atoms with E-state index in [0.717, 1.165) is 31.6 Å². The average Bonchev–Trinajstić information content (AvgIpc) is 3.11. The van der Waals surface area contributed by atoms with Gasteiger partial charge < -0.3 is 9.32 Å². The normalized spacial score (nSPS) is 15.6. The fourth-order valence-corrected chi connectivity index (χ4v) is 4.35. The molecule has 0 radical (unpaired) electrons. The second kappa shape index (κ2) is 7.04. The Balaban J connectivity index is 2.13. The minimum Gasteiger partial charge on any atom is -0.453 e. The van der Waals surface area contributed by atoms with Crippen LogP contribution in [0.1, 0.15) is 43.7 Å². The summed E-state index contributed by atoms with van der Waals surface area (Å²) in [7, 11) is -3.47.